The maximum Gasteiger partial charge on any atom is 0.375 e. The van der Waals surface area contributed by atoms with E-state index in [2.05, 4.69) is 5.32 Å². The third-order valence-corrected chi connectivity index (χ3v) is 3.94. The van der Waals surface area contributed by atoms with Gasteiger partial charge in [-0.15, -0.1) is 0 Å². The molecule has 0 saturated heterocycles. The number of amides is 1. The summed E-state index contributed by atoms with van der Waals surface area (Å²) in [5.74, 6) is -0.871. The minimum absolute atomic E-state index is 0.0108. The molecule has 1 aromatic carbocycles. The standard InChI is InChI=1S/C15H16N2O6S/c1-9-6-7-13(22-9)15(19)23-10(2)14(18)17-11-4-3-5-12(8-11)24(16,20)21/h3-8,10H,1-2H3,(H,17,18)(H2,16,20,21)/t10-/m1/s1. The van der Waals surface area contributed by atoms with Gasteiger partial charge in [0.15, 0.2) is 6.10 Å². The number of furan rings is 1. The lowest BCUT2D eigenvalue weighted by atomic mass is 10.3. The van der Waals surface area contributed by atoms with Crippen molar-refractivity contribution in [3.63, 3.8) is 0 Å². The van der Waals surface area contributed by atoms with E-state index in [-0.39, 0.29) is 16.3 Å². The van der Waals surface area contributed by atoms with Crippen molar-refractivity contribution in [3.8, 4) is 0 Å². The van der Waals surface area contributed by atoms with Crippen molar-refractivity contribution in [2.24, 2.45) is 5.14 Å². The van der Waals surface area contributed by atoms with Crippen LogP contribution in [0.25, 0.3) is 0 Å². The molecular formula is C15H16N2O6S. The molecular weight excluding hydrogens is 336 g/mol. The highest BCUT2D eigenvalue weighted by molar-refractivity contribution is 7.89. The van der Waals surface area contributed by atoms with Gasteiger partial charge in [-0.2, -0.15) is 0 Å². The zero-order valence-electron chi connectivity index (χ0n) is 13.0. The molecule has 2 rings (SSSR count). The smallest absolute Gasteiger partial charge is 0.375 e. The molecule has 0 fully saturated rings. The third-order valence-electron chi connectivity index (χ3n) is 3.02. The largest absolute Gasteiger partial charge is 0.454 e. The number of esters is 1. The van der Waals surface area contributed by atoms with Crippen molar-refractivity contribution >= 4 is 27.6 Å². The predicted octanol–water partition coefficient (Wildman–Crippen LogP) is 1.42. The first-order valence-corrected chi connectivity index (χ1v) is 8.42. The van der Waals surface area contributed by atoms with Crippen LogP contribution in [0.1, 0.15) is 23.2 Å². The second-order valence-electron chi connectivity index (χ2n) is 5.02. The lowest BCUT2D eigenvalue weighted by molar-refractivity contribution is -0.123. The first kappa shape index (κ1) is 17.7. The van der Waals surface area contributed by atoms with Gasteiger partial charge in [0.2, 0.25) is 15.8 Å². The predicted molar refractivity (Wildman–Crippen MR) is 84.8 cm³/mol. The molecule has 3 N–H and O–H groups in total. The van der Waals surface area contributed by atoms with Gasteiger partial charge in [-0.25, -0.2) is 18.4 Å². The molecule has 2 aromatic rings. The number of carbonyl (C=O) groups is 2. The van der Waals surface area contributed by atoms with Gasteiger partial charge < -0.3 is 14.5 Å². The summed E-state index contributed by atoms with van der Waals surface area (Å²) < 4.78 is 32.7. The summed E-state index contributed by atoms with van der Waals surface area (Å²) in [7, 11) is -3.88. The summed E-state index contributed by atoms with van der Waals surface area (Å²) in [6, 6.07) is 8.46. The Bertz CT molecular complexity index is 872. The normalized spacial score (nSPS) is 12.5. The number of nitrogens with two attached hydrogens (primary N) is 1. The molecule has 0 aliphatic heterocycles. The Morgan fingerprint density at radius 3 is 2.54 bits per heavy atom. The fourth-order valence-corrected chi connectivity index (χ4v) is 2.37. The van der Waals surface area contributed by atoms with Gasteiger partial charge in [-0.3, -0.25) is 4.79 Å². The maximum atomic E-state index is 12.0. The number of rotatable bonds is 5. The molecule has 1 amide bonds. The number of primary sulfonamides is 1. The second-order valence-corrected chi connectivity index (χ2v) is 6.58. The molecule has 0 radical (unpaired) electrons. The summed E-state index contributed by atoms with van der Waals surface area (Å²) >= 11 is 0. The quantitative estimate of drug-likeness (QED) is 0.783. The second kappa shape index (κ2) is 6.85. The van der Waals surface area contributed by atoms with Crippen LogP contribution >= 0.6 is 0 Å². The number of hydrogen-bond acceptors (Lipinski definition) is 6. The molecule has 0 spiro atoms. The van der Waals surface area contributed by atoms with Gasteiger partial charge in [-0.05, 0) is 44.2 Å². The Hall–Kier alpha value is -2.65. The monoisotopic (exact) mass is 352 g/mol. The summed E-state index contributed by atoms with van der Waals surface area (Å²) in [5.41, 5.74) is 0.211. The highest BCUT2D eigenvalue weighted by atomic mass is 32.2. The van der Waals surface area contributed by atoms with E-state index >= 15 is 0 Å². The van der Waals surface area contributed by atoms with Crippen LogP contribution in [0.2, 0.25) is 0 Å². The SMILES string of the molecule is Cc1ccc(C(=O)O[C@H](C)C(=O)Nc2cccc(S(N)(=O)=O)c2)o1. The molecule has 0 bridgehead atoms. The van der Waals surface area contributed by atoms with Gasteiger partial charge in [-0.1, -0.05) is 6.07 Å². The Morgan fingerprint density at radius 2 is 1.96 bits per heavy atom. The summed E-state index contributed by atoms with van der Waals surface area (Å²) in [4.78, 5) is 23.7. The van der Waals surface area contributed by atoms with Gasteiger partial charge in [0, 0.05) is 5.69 Å². The average Bonchev–Trinajstić information content (AvgIpc) is 2.93. The first-order valence-electron chi connectivity index (χ1n) is 6.88. The lowest BCUT2D eigenvalue weighted by Gasteiger charge is -2.13. The summed E-state index contributed by atoms with van der Waals surface area (Å²) in [6.07, 6.45) is -1.11. The number of anilines is 1. The Labute approximate surface area is 138 Å². The van der Waals surface area contributed by atoms with Crippen molar-refractivity contribution in [1.82, 2.24) is 0 Å². The molecule has 128 valence electrons. The molecule has 24 heavy (non-hydrogen) atoms. The van der Waals surface area contributed by atoms with Crippen molar-refractivity contribution in [2.45, 2.75) is 24.8 Å². The average molecular weight is 352 g/mol. The molecule has 1 heterocycles. The molecule has 0 unspecified atom stereocenters. The number of nitrogens with one attached hydrogen (secondary N) is 1. The molecule has 1 atom stereocenters. The van der Waals surface area contributed by atoms with Crippen LogP contribution in [0.5, 0.6) is 0 Å². The number of hydrogen-bond donors (Lipinski definition) is 2. The van der Waals surface area contributed by atoms with Crippen molar-refractivity contribution < 1.29 is 27.2 Å². The molecule has 0 aliphatic carbocycles. The topological polar surface area (TPSA) is 129 Å². The fraction of sp³-hybridized carbons (Fsp3) is 0.200. The molecule has 0 aliphatic rings. The van der Waals surface area contributed by atoms with E-state index in [1.807, 2.05) is 0 Å². The Balaban J connectivity index is 2.03. The highest BCUT2D eigenvalue weighted by Crippen LogP contribution is 2.15. The van der Waals surface area contributed by atoms with E-state index in [1.165, 1.54) is 37.3 Å². The van der Waals surface area contributed by atoms with Gasteiger partial charge in [0.25, 0.3) is 5.91 Å². The van der Waals surface area contributed by atoms with E-state index < -0.39 is 28.0 Å². The summed E-state index contributed by atoms with van der Waals surface area (Å²) in [6.45, 7) is 3.05. The first-order chi connectivity index (χ1) is 11.2. The number of sulfonamides is 1. The lowest BCUT2D eigenvalue weighted by Crippen LogP contribution is -2.30. The number of carbonyl (C=O) groups excluding carboxylic acids is 2. The van der Waals surface area contributed by atoms with Gasteiger partial charge >= 0.3 is 5.97 Å². The van der Waals surface area contributed by atoms with Crippen LogP contribution in [0, 0.1) is 6.92 Å². The minimum atomic E-state index is -3.88. The summed E-state index contributed by atoms with van der Waals surface area (Å²) in [5, 5.41) is 7.48. The Kier molecular flexibility index (Phi) is 5.05. The molecule has 0 saturated carbocycles. The van der Waals surface area contributed by atoms with Crippen molar-refractivity contribution in [1.29, 1.82) is 0 Å². The van der Waals surface area contributed by atoms with E-state index in [9.17, 15) is 18.0 Å². The van der Waals surface area contributed by atoms with Crippen LogP contribution in [0.4, 0.5) is 5.69 Å². The highest BCUT2D eigenvalue weighted by Gasteiger charge is 2.21. The maximum absolute atomic E-state index is 12.0. The molecule has 1 aromatic heterocycles. The fourth-order valence-electron chi connectivity index (χ4n) is 1.81. The van der Waals surface area contributed by atoms with E-state index in [0.29, 0.717) is 5.76 Å². The Morgan fingerprint density at radius 1 is 1.25 bits per heavy atom. The molecule has 9 heteroatoms. The van der Waals surface area contributed by atoms with Gasteiger partial charge in [0.05, 0.1) is 4.90 Å². The number of benzene rings is 1. The van der Waals surface area contributed by atoms with Crippen molar-refractivity contribution in [3.05, 3.63) is 47.9 Å². The molecule has 8 nitrogen and oxygen atoms in total. The van der Waals surface area contributed by atoms with Crippen LogP contribution in [-0.2, 0) is 19.6 Å². The number of aryl methyl sites for hydroxylation is 1. The third kappa shape index (κ3) is 4.43. The zero-order chi connectivity index (χ0) is 17.9. The van der Waals surface area contributed by atoms with Crippen molar-refractivity contribution in [2.75, 3.05) is 5.32 Å². The van der Waals surface area contributed by atoms with Crippen LogP contribution < -0.4 is 10.5 Å². The zero-order valence-corrected chi connectivity index (χ0v) is 13.8. The minimum Gasteiger partial charge on any atom is -0.454 e. The van der Waals surface area contributed by atoms with Crippen LogP contribution in [0.15, 0.2) is 45.7 Å². The number of ether oxygens (including phenoxy) is 1. The van der Waals surface area contributed by atoms with E-state index in [0.717, 1.165) is 0 Å². The van der Waals surface area contributed by atoms with Gasteiger partial charge in [0.1, 0.15) is 5.76 Å². The van der Waals surface area contributed by atoms with E-state index in [1.54, 1.807) is 13.0 Å². The van der Waals surface area contributed by atoms with E-state index in [4.69, 9.17) is 14.3 Å². The van der Waals surface area contributed by atoms with Crippen LogP contribution in [-0.4, -0.2) is 26.4 Å². The van der Waals surface area contributed by atoms with Crippen LogP contribution in [0.3, 0.4) is 0 Å².